The summed E-state index contributed by atoms with van der Waals surface area (Å²) in [7, 11) is 4.50. The van der Waals surface area contributed by atoms with Gasteiger partial charge in [0.2, 0.25) is 0 Å². The molecule has 80 valence electrons. The second-order valence-corrected chi connectivity index (χ2v) is 9.76. The molecule has 0 nitrogen and oxygen atoms in total. The molecular weight excluding hydrogens is 220 g/mol. The molecule has 2 heteroatoms. The number of hydrogen-bond acceptors (Lipinski definition) is 2. The summed E-state index contributed by atoms with van der Waals surface area (Å²) in [4.78, 5) is 0. The van der Waals surface area contributed by atoms with Crippen LogP contribution in [0.4, 0.5) is 0 Å². The first-order chi connectivity index (χ1) is 7.28. The molecule has 0 N–H and O–H groups in total. The smallest absolute Gasteiger partial charge is 0.0242 e. The molecule has 0 aromatic heterocycles. The van der Waals surface area contributed by atoms with E-state index >= 15 is 0 Å². The quantitative estimate of drug-likeness (QED) is 0.642. The van der Waals surface area contributed by atoms with E-state index < -0.39 is 0 Å². The first-order valence-corrected chi connectivity index (χ1v) is 8.94. The van der Waals surface area contributed by atoms with Gasteiger partial charge in [-0.05, 0) is 52.3 Å². The van der Waals surface area contributed by atoms with Gasteiger partial charge in [-0.25, -0.2) is 0 Å². The Balaban J connectivity index is 1.56. The topological polar surface area (TPSA) is 0 Å². The van der Waals surface area contributed by atoms with Gasteiger partial charge in [0.15, 0.2) is 0 Å². The van der Waals surface area contributed by atoms with Gasteiger partial charge in [-0.1, -0.05) is 35.4 Å². The van der Waals surface area contributed by atoms with Gasteiger partial charge in [0.1, 0.15) is 0 Å². The van der Waals surface area contributed by atoms with Crippen molar-refractivity contribution in [1.29, 1.82) is 0 Å². The summed E-state index contributed by atoms with van der Waals surface area (Å²) >= 11 is 0. The summed E-state index contributed by atoms with van der Waals surface area (Å²) in [6, 6.07) is 0. The van der Waals surface area contributed by atoms with Crippen molar-refractivity contribution in [2.45, 2.75) is 19.1 Å². The molecule has 2 spiro atoms. The third-order valence-corrected chi connectivity index (χ3v) is 10.8. The Morgan fingerprint density at radius 1 is 1.07 bits per heavy atom. The van der Waals surface area contributed by atoms with Crippen molar-refractivity contribution in [2.75, 3.05) is 5.75 Å². The van der Waals surface area contributed by atoms with Gasteiger partial charge >= 0.3 is 0 Å². The average molecular weight is 236 g/mol. The lowest BCUT2D eigenvalue weighted by Gasteiger charge is -3.13. The standard InChI is InChI=1S/C13H16S2/c1-4(2)11-13-9-6-5-7(9)12(13,3-14-15-11)8(5)10(6)13/h4-11H,3H2,1-2H3. The number of rotatable bonds is 1. The maximum absolute atomic E-state index is 2.47. The Hall–Kier alpha value is 0.700. The molecule has 0 radical (unpaired) electrons. The van der Waals surface area contributed by atoms with Crippen molar-refractivity contribution in [2.24, 2.45) is 52.3 Å². The van der Waals surface area contributed by atoms with Gasteiger partial charge in [-0.2, -0.15) is 0 Å². The van der Waals surface area contributed by atoms with E-state index in [4.69, 9.17) is 0 Å². The van der Waals surface area contributed by atoms with Gasteiger partial charge in [-0.15, -0.1) is 0 Å². The van der Waals surface area contributed by atoms with Crippen molar-refractivity contribution in [3.63, 3.8) is 0 Å². The second kappa shape index (κ2) is 1.75. The molecule has 7 fully saturated rings. The summed E-state index contributed by atoms with van der Waals surface area (Å²) in [5, 5.41) is 1.02. The normalized spacial score (nSPS) is 83.0. The Kier molecular flexibility index (Phi) is 0.924. The highest BCUT2D eigenvalue weighted by atomic mass is 33.1. The minimum absolute atomic E-state index is 0.921. The SMILES string of the molecule is CC(C)C1SSCC23C4C5C6C4C12C6C53. The highest BCUT2D eigenvalue weighted by molar-refractivity contribution is 8.77. The predicted molar refractivity (Wildman–Crippen MR) is 64.5 cm³/mol. The van der Waals surface area contributed by atoms with Gasteiger partial charge in [0.25, 0.3) is 0 Å². The lowest BCUT2D eigenvalue weighted by molar-refractivity contribution is -0.656. The summed E-state index contributed by atoms with van der Waals surface area (Å²) in [6.45, 7) is 4.94. The fourth-order valence-corrected chi connectivity index (χ4v) is 12.1. The first kappa shape index (κ1) is 7.92. The largest absolute Gasteiger partial charge is 0.0932 e. The summed E-state index contributed by atoms with van der Waals surface area (Å²) in [5.74, 6) is 10.0. The lowest BCUT2D eigenvalue weighted by atomic mass is 8.91. The van der Waals surface area contributed by atoms with Crippen molar-refractivity contribution in [3.8, 4) is 0 Å². The zero-order valence-corrected chi connectivity index (χ0v) is 10.8. The van der Waals surface area contributed by atoms with Gasteiger partial charge in [0, 0.05) is 11.0 Å². The first-order valence-electron chi connectivity index (χ1n) is 6.56. The molecule has 1 saturated heterocycles. The van der Waals surface area contributed by atoms with E-state index in [1.165, 1.54) is 41.3 Å². The molecule has 5 atom stereocenters. The predicted octanol–water partition coefficient (Wildman–Crippen LogP) is 3.14. The van der Waals surface area contributed by atoms with Gasteiger partial charge in [0.05, 0.1) is 0 Å². The highest BCUT2D eigenvalue weighted by Crippen LogP contribution is 3.12. The van der Waals surface area contributed by atoms with Crippen LogP contribution in [0.1, 0.15) is 13.8 Å². The summed E-state index contributed by atoms with van der Waals surface area (Å²) in [5.41, 5.74) is 1.86. The van der Waals surface area contributed by atoms with E-state index in [0.29, 0.717) is 0 Å². The molecule has 7 aliphatic rings. The molecule has 0 bridgehead atoms. The molecule has 0 amide bonds. The van der Waals surface area contributed by atoms with E-state index in [2.05, 4.69) is 35.4 Å². The molecule has 6 aliphatic carbocycles. The fourth-order valence-electron chi connectivity index (χ4n) is 7.75. The van der Waals surface area contributed by atoms with E-state index in [9.17, 15) is 0 Å². The van der Waals surface area contributed by atoms with Crippen LogP contribution in [0.3, 0.4) is 0 Å². The lowest BCUT2D eigenvalue weighted by Crippen LogP contribution is -3.12. The molecule has 0 aromatic rings. The highest BCUT2D eigenvalue weighted by Gasteiger charge is 3.11. The zero-order chi connectivity index (χ0) is 9.74. The molecule has 15 heavy (non-hydrogen) atoms. The zero-order valence-electron chi connectivity index (χ0n) is 9.14. The minimum atomic E-state index is 0.921. The Labute approximate surface area is 98.7 Å². The van der Waals surface area contributed by atoms with Crippen LogP contribution in [0.15, 0.2) is 0 Å². The maximum atomic E-state index is 2.47. The molecule has 6 saturated carbocycles. The van der Waals surface area contributed by atoms with Crippen molar-refractivity contribution < 1.29 is 0 Å². The van der Waals surface area contributed by atoms with Crippen LogP contribution in [0, 0.1) is 52.3 Å². The van der Waals surface area contributed by atoms with Crippen molar-refractivity contribution in [3.05, 3.63) is 0 Å². The van der Waals surface area contributed by atoms with E-state index in [1.54, 1.807) is 0 Å². The van der Waals surface area contributed by atoms with Crippen LogP contribution in [-0.2, 0) is 0 Å². The monoisotopic (exact) mass is 236 g/mol. The Morgan fingerprint density at radius 2 is 1.73 bits per heavy atom. The molecule has 1 aliphatic heterocycles. The van der Waals surface area contributed by atoms with Crippen LogP contribution in [0.5, 0.6) is 0 Å². The maximum Gasteiger partial charge on any atom is 0.0242 e. The molecule has 0 aromatic carbocycles. The van der Waals surface area contributed by atoms with Crippen LogP contribution < -0.4 is 0 Å². The third kappa shape index (κ3) is 0.383. The molecule has 7 rings (SSSR count). The minimum Gasteiger partial charge on any atom is -0.0932 e. The molecular formula is C13H16S2. The summed E-state index contributed by atoms with van der Waals surface area (Å²) < 4.78 is 0. The second-order valence-electron chi connectivity index (χ2n) is 7.25. The Bertz CT molecular complexity index is 395. The van der Waals surface area contributed by atoms with Gasteiger partial charge in [-0.3, -0.25) is 0 Å². The van der Waals surface area contributed by atoms with Crippen molar-refractivity contribution >= 4 is 21.6 Å². The van der Waals surface area contributed by atoms with Gasteiger partial charge < -0.3 is 0 Å². The van der Waals surface area contributed by atoms with Crippen LogP contribution in [0.2, 0.25) is 0 Å². The van der Waals surface area contributed by atoms with Crippen LogP contribution >= 0.6 is 21.6 Å². The molecule has 5 unspecified atom stereocenters. The Morgan fingerprint density at radius 3 is 2.40 bits per heavy atom. The summed E-state index contributed by atoms with van der Waals surface area (Å²) in [6.07, 6.45) is 0. The van der Waals surface area contributed by atoms with E-state index in [0.717, 1.165) is 22.0 Å². The number of hydrogen-bond donors (Lipinski definition) is 0. The van der Waals surface area contributed by atoms with E-state index in [-0.39, 0.29) is 0 Å². The molecule has 1 heterocycles. The van der Waals surface area contributed by atoms with Crippen LogP contribution in [-0.4, -0.2) is 11.0 Å². The van der Waals surface area contributed by atoms with Crippen LogP contribution in [0.25, 0.3) is 0 Å². The van der Waals surface area contributed by atoms with E-state index in [1.807, 2.05) is 0 Å². The van der Waals surface area contributed by atoms with Crippen molar-refractivity contribution in [1.82, 2.24) is 0 Å². The average Bonchev–Trinajstić information content (AvgIpc) is 2.25. The third-order valence-electron chi connectivity index (χ3n) is 7.52. The fraction of sp³-hybridized carbons (Fsp3) is 1.00.